The molecule has 0 aliphatic heterocycles. The van der Waals surface area contributed by atoms with Gasteiger partial charge in [0.25, 0.3) is 0 Å². The molecule has 136 valence electrons. The van der Waals surface area contributed by atoms with Crippen LogP contribution in [0.1, 0.15) is 78.1 Å². The number of aliphatic hydroxyl groups is 1. The lowest BCUT2D eigenvalue weighted by Gasteiger charge is -2.60. The van der Waals surface area contributed by atoms with Crippen LogP contribution < -0.4 is 0 Å². The van der Waals surface area contributed by atoms with Crippen LogP contribution in [0.5, 0.6) is 0 Å². The lowest BCUT2D eigenvalue weighted by molar-refractivity contribution is -0.189. The fraction of sp³-hybridized carbons (Fsp3) is 0.952. The van der Waals surface area contributed by atoms with E-state index in [0.717, 1.165) is 24.7 Å². The van der Waals surface area contributed by atoms with Crippen LogP contribution in [0.4, 0.5) is 0 Å². The minimum atomic E-state index is -1.26. The van der Waals surface area contributed by atoms with Gasteiger partial charge in [0, 0.05) is 5.41 Å². The van der Waals surface area contributed by atoms with Gasteiger partial charge in [-0.2, -0.15) is 0 Å². The first-order chi connectivity index (χ1) is 11.4. The molecule has 24 heavy (non-hydrogen) atoms. The van der Waals surface area contributed by atoms with E-state index in [1.165, 1.54) is 52.1 Å². The van der Waals surface area contributed by atoms with E-state index in [0.29, 0.717) is 23.7 Å². The fourth-order valence-electron chi connectivity index (χ4n) is 7.82. The smallest absolute Gasteiger partial charge is 0.338 e. The Kier molecular flexibility index (Phi) is 3.84. The Balaban J connectivity index is 1.65. The molecule has 0 aromatic rings. The molecule has 0 saturated heterocycles. The highest BCUT2D eigenvalue weighted by molar-refractivity contribution is 5.81. The normalized spacial score (nSPS) is 53.7. The van der Waals surface area contributed by atoms with Crippen LogP contribution in [-0.2, 0) is 9.53 Å². The van der Waals surface area contributed by atoms with Gasteiger partial charge in [-0.1, -0.05) is 26.7 Å². The lowest BCUT2D eigenvalue weighted by Crippen LogP contribution is -2.58. The van der Waals surface area contributed by atoms with Crippen LogP contribution in [0.25, 0.3) is 0 Å². The van der Waals surface area contributed by atoms with Gasteiger partial charge in [-0.25, -0.2) is 4.79 Å². The Bertz CT molecular complexity index is 531. The number of carbonyl (C=O) groups excluding carboxylic acids is 1. The molecule has 0 radical (unpaired) electrons. The quantitative estimate of drug-likeness (QED) is 0.726. The average Bonchev–Trinajstić information content (AvgIpc) is 2.86. The molecule has 4 rings (SSSR count). The lowest BCUT2D eigenvalue weighted by atomic mass is 9.44. The number of carbonyl (C=O) groups is 1. The number of hydrogen-bond donors (Lipinski definition) is 1. The zero-order chi connectivity index (χ0) is 17.2. The second kappa shape index (κ2) is 5.46. The number of ether oxygens (including phenoxy) is 1. The topological polar surface area (TPSA) is 46.5 Å². The van der Waals surface area contributed by atoms with E-state index in [1.54, 1.807) is 0 Å². The molecule has 3 heteroatoms. The van der Waals surface area contributed by atoms with Crippen molar-refractivity contribution in [3.8, 4) is 0 Å². The second-order valence-electron chi connectivity index (χ2n) is 9.75. The van der Waals surface area contributed by atoms with E-state index < -0.39 is 11.6 Å². The molecule has 4 aliphatic carbocycles. The maximum atomic E-state index is 12.4. The van der Waals surface area contributed by atoms with Gasteiger partial charge in [-0.15, -0.1) is 0 Å². The molecular weight excluding hydrogens is 300 g/mol. The van der Waals surface area contributed by atoms with Crippen LogP contribution in [0.2, 0.25) is 0 Å². The van der Waals surface area contributed by atoms with Crippen molar-refractivity contribution in [3.63, 3.8) is 0 Å². The summed E-state index contributed by atoms with van der Waals surface area (Å²) in [4.78, 5) is 12.4. The van der Waals surface area contributed by atoms with Crippen LogP contribution in [0.15, 0.2) is 0 Å². The third-order valence-corrected chi connectivity index (χ3v) is 9.26. The molecule has 4 fully saturated rings. The van der Waals surface area contributed by atoms with Gasteiger partial charge in [-0.3, -0.25) is 0 Å². The largest absolute Gasteiger partial charge is 0.467 e. The van der Waals surface area contributed by atoms with Crippen LogP contribution >= 0.6 is 0 Å². The molecule has 1 N–H and O–H groups in total. The average molecular weight is 335 g/mol. The number of methoxy groups -OCH3 is 1. The van der Waals surface area contributed by atoms with Gasteiger partial charge in [0.05, 0.1) is 7.11 Å². The third-order valence-electron chi connectivity index (χ3n) is 9.26. The summed E-state index contributed by atoms with van der Waals surface area (Å²) in [5.41, 5.74) is -1.05. The van der Waals surface area contributed by atoms with Gasteiger partial charge in [0.15, 0.2) is 5.60 Å². The predicted molar refractivity (Wildman–Crippen MR) is 93.3 cm³/mol. The summed E-state index contributed by atoms with van der Waals surface area (Å²) in [6.07, 6.45) is 12.0. The number of rotatable bonds is 1. The highest BCUT2D eigenvalue weighted by Gasteiger charge is 2.67. The first-order valence-electron chi connectivity index (χ1n) is 10.2. The Hall–Kier alpha value is -0.570. The first-order valence-corrected chi connectivity index (χ1v) is 10.2. The summed E-state index contributed by atoms with van der Waals surface area (Å²) < 4.78 is 5.00. The highest BCUT2D eigenvalue weighted by atomic mass is 16.5. The molecule has 4 saturated carbocycles. The third kappa shape index (κ3) is 1.97. The molecule has 0 aromatic carbocycles. The minimum Gasteiger partial charge on any atom is -0.467 e. The minimum absolute atomic E-state index is 0.293. The SMILES string of the molecule is COC(=O)C1(O)CC[C@H]2[C@@H]3CCC4CCCC[C@]4(C)[C@@H]3CC[C@@]21C. The maximum absolute atomic E-state index is 12.4. The zero-order valence-corrected chi connectivity index (χ0v) is 15.6. The maximum Gasteiger partial charge on any atom is 0.338 e. The number of esters is 1. The van der Waals surface area contributed by atoms with Crippen molar-refractivity contribution in [1.29, 1.82) is 0 Å². The summed E-state index contributed by atoms with van der Waals surface area (Å²) in [5.74, 6) is 2.50. The second-order valence-corrected chi connectivity index (χ2v) is 9.75. The van der Waals surface area contributed by atoms with Gasteiger partial charge in [-0.05, 0) is 80.5 Å². The van der Waals surface area contributed by atoms with E-state index in [2.05, 4.69) is 13.8 Å². The van der Waals surface area contributed by atoms with E-state index in [9.17, 15) is 9.90 Å². The summed E-state index contributed by atoms with van der Waals surface area (Å²) in [7, 11) is 1.41. The summed E-state index contributed by atoms with van der Waals surface area (Å²) in [6, 6.07) is 0. The van der Waals surface area contributed by atoms with Crippen molar-refractivity contribution in [2.24, 2.45) is 34.5 Å². The van der Waals surface area contributed by atoms with Gasteiger partial charge < -0.3 is 9.84 Å². The Morgan fingerprint density at radius 1 is 0.958 bits per heavy atom. The number of hydrogen-bond acceptors (Lipinski definition) is 3. The molecule has 0 bridgehead atoms. The van der Waals surface area contributed by atoms with E-state index in [4.69, 9.17) is 4.74 Å². The molecular formula is C21H34O3. The molecule has 0 heterocycles. The van der Waals surface area contributed by atoms with Crippen molar-refractivity contribution >= 4 is 5.97 Å². The van der Waals surface area contributed by atoms with Crippen molar-refractivity contribution in [2.75, 3.05) is 7.11 Å². The number of fused-ring (bicyclic) bond motifs is 5. The van der Waals surface area contributed by atoms with Crippen LogP contribution in [0.3, 0.4) is 0 Å². The van der Waals surface area contributed by atoms with E-state index in [1.807, 2.05) is 0 Å². The molecule has 4 aliphatic rings. The van der Waals surface area contributed by atoms with Crippen molar-refractivity contribution in [2.45, 2.75) is 83.7 Å². The summed E-state index contributed by atoms with van der Waals surface area (Å²) in [6.45, 7) is 4.74. The molecule has 0 spiro atoms. The fourth-order valence-corrected chi connectivity index (χ4v) is 7.82. The molecule has 2 unspecified atom stereocenters. The van der Waals surface area contributed by atoms with E-state index in [-0.39, 0.29) is 5.41 Å². The molecule has 0 amide bonds. The summed E-state index contributed by atoms with van der Waals surface area (Å²) in [5, 5.41) is 11.2. The van der Waals surface area contributed by atoms with Crippen LogP contribution in [-0.4, -0.2) is 23.8 Å². The highest BCUT2D eigenvalue weighted by Crippen LogP contribution is 2.68. The predicted octanol–water partition coefficient (Wildman–Crippen LogP) is 4.32. The zero-order valence-electron chi connectivity index (χ0n) is 15.6. The Morgan fingerprint density at radius 2 is 1.71 bits per heavy atom. The Morgan fingerprint density at radius 3 is 2.46 bits per heavy atom. The monoisotopic (exact) mass is 334 g/mol. The van der Waals surface area contributed by atoms with Crippen molar-refractivity contribution < 1.29 is 14.6 Å². The molecule has 7 atom stereocenters. The van der Waals surface area contributed by atoms with Crippen molar-refractivity contribution in [1.82, 2.24) is 0 Å². The summed E-state index contributed by atoms with van der Waals surface area (Å²) >= 11 is 0. The van der Waals surface area contributed by atoms with Crippen molar-refractivity contribution in [3.05, 3.63) is 0 Å². The van der Waals surface area contributed by atoms with E-state index >= 15 is 0 Å². The van der Waals surface area contributed by atoms with Gasteiger partial charge in [0.1, 0.15) is 0 Å². The molecule has 3 nitrogen and oxygen atoms in total. The standard InChI is InChI=1S/C21H34O3/c1-19-11-5-4-6-14(19)7-8-15-16(19)9-12-20(2)17(15)10-13-21(20,23)18(22)24-3/h14-17,23H,4-13H2,1-3H3/t14?,15-,16-,17+,19+,20+,21?/m1/s1. The first kappa shape index (κ1) is 16.9. The Labute approximate surface area is 146 Å². The van der Waals surface area contributed by atoms with Crippen LogP contribution in [0, 0.1) is 34.5 Å². The van der Waals surface area contributed by atoms with Gasteiger partial charge >= 0.3 is 5.97 Å². The molecule has 0 aromatic heterocycles. The van der Waals surface area contributed by atoms with Gasteiger partial charge in [0.2, 0.25) is 0 Å².